The minimum absolute atomic E-state index is 0.00329. The Morgan fingerprint density at radius 1 is 1.62 bits per heavy atom. The number of halogens is 1. The van der Waals surface area contributed by atoms with E-state index in [0.29, 0.717) is 0 Å². The number of imidazole rings is 1. The van der Waals surface area contributed by atoms with Gasteiger partial charge in [-0.15, -0.1) is 0 Å². The smallest absolute Gasteiger partial charge is 0.308 e. The lowest BCUT2D eigenvalue weighted by Gasteiger charge is -2.24. The summed E-state index contributed by atoms with van der Waals surface area (Å²) in [5.74, 6) is 0. The molecular formula is C8H12IN3O. The molecule has 0 atom stereocenters. The topological polar surface area (TPSA) is 41.0 Å². The van der Waals surface area contributed by atoms with Crippen molar-refractivity contribution in [3.63, 3.8) is 0 Å². The summed E-state index contributed by atoms with van der Waals surface area (Å²) in [5.41, 5.74) is 2.26. The highest BCUT2D eigenvalue weighted by Crippen LogP contribution is 2.16. The summed E-state index contributed by atoms with van der Waals surface area (Å²) in [6.07, 6.45) is 0.977. The molecule has 72 valence electrons. The molecule has 0 saturated carbocycles. The largest absolute Gasteiger partial charge is 0.334 e. The number of nitrogens with zero attached hydrogens (tertiary/aromatic N) is 2. The second-order valence-corrected chi connectivity index (χ2v) is 4.22. The Balaban J connectivity index is 2.36. The Kier molecular flexibility index (Phi) is 2.46. The fourth-order valence-electron chi connectivity index (χ4n) is 1.71. The van der Waals surface area contributed by atoms with Crippen molar-refractivity contribution in [1.82, 2.24) is 12.7 Å². The monoisotopic (exact) mass is 293 g/mol. The van der Waals surface area contributed by atoms with E-state index in [1.807, 2.05) is 0 Å². The van der Waals surface area contributed by atoms with E-state index in [2.05, 4.69) is 39.7 Å². The Morgan fingerprint density at radius 2 is 2.38 bits per heavy atom. The van der Waals surface area contributed by atoms with Gasteiger partial charge in [0.05, 0.1) is 34.3 Å². The van der Waals surface area contributed by atoms with Crippen LogP contribution in [0.5, 0.6) is 0 Å². The summed E-state index contributed by atoms with van der Waals surface area (Å²) in [5, 5.41) is 0. The first-order chi connectivity index (χ1) is 6.22. The van der Waals surface area contributed by atoms with Gasteiger partial charge in [0, 0.05) is 19.5 Å². The number of aromatic amines is 1. The molecule has 1 aliphatic heterocycles. The van der Waals surface area contributed by atoms with Gasteiger partial charge in [-0.1, -0.05) is 6.92 Å². The van der Waals surface area contributed by atoms with E-state index < -0.39 is 0 Å². The summed E-state index contributed by atoms with van der Waals surface area (Å²) in [6, 6.07) is 0. The number of likely N-dealkylation sites (N-methyl/N-ethyl adjacent to an activating group) is 1. The molecule has 0 aromatic carbocycles. The summed E-state index contributed by atoms with van der Waals surface area (Å²) in [6.45, 7) is 5.14. The Morgan fingerprint density at radius 3 is 3.08 bits per heavy atom. The molecule has 1 N–H and O–H groups in total. The number of fused-ring (bicyclic) bond motifs is 1. The molecule has 2 rings (SSSR count). The third-order valence-corrected chi connectivity index (χ3v) is 3.54. The van der Waals surface area contributed by atoms with Gasteiger partial charge in [0.1, 0.15) is 0 Å². The third-order valence-electron chi connectivity index (χ3n) is 2.52. The maximum atomic E-state index is 11.3. The lowest BCUT2D eigenvalue weighted by molar-refractivity contribution is 0.263. The molecule has 2 heterocycles. The number of H-pyrrole nitrogens is 1. The molecule has 1 aromatic heterocycles. The van der Waals surface area contributed by atoms with Gasteiger partial charge in [-0.25, -0.2) is 7.58 Å². The lowest BCUT2D eigenvalue weighted by atomic mass is 10.1. The fourth-order valence-corrected chi connectivity index (χ4v) is 2.36. The zero-order chi connectivity index (χ0) is 9.42. The number of rotatable bonds is 1. The van der Waals surface area contributed by atoms with Gasteiger partial charge in [-0.2, -0.15) is 0 Å². The molecule has 1 aromatic rings. The van der Waals surface area contributed by atoms with Gasteiger partial charge in [0.15, 0.2) is 0 Å². The minimum Gasteiger partial charge on any atom is -0.308 e. The Bertz CT molecular complexity index is 368. The van der Waals surface area contributed by atoms with E-state index >= 15 is 0 Å². The highest BCUT2D eigenvalue weighted by molar-refractivity contribution is 14.1. The van der Waals surface area contributed by atoms with Gasteiger partial charge in [0.2, 0.25) is 0 Å². The van der Waals surface area contributed by atoms with Gasteiger partial charge in [-0.05, 0) is 6.54 Å². The first kappa shape index (κ1) is 9.26. The Labute approximate surface area is 90.4 Å². The van der Waals surface area contributed by atoms with Gasteiger partial charge < -0.3 is 4.98 Å². The molecule has 0 saturated heterocycles. The fraction of sp³-hybridized carbons (Fsp3) is 0.625. The van der Waals surface area contributed by atoms with Crippen molar-refractivity contribution in [3.05, 3.63) is 21.9 Å². The zero-order valence-corrected chi connectivity index (χ0v) is 9.67. The quantitative estimate of drug-likeness (QED) is 0.776. The van der Waals surface area contributed by atoms with E-state index in [9.17, 15) is 4.79 Å². The molecule has 0 amide bonds. The van der Waals surface area contributed by atoms with Crippen LogP contribution >= 0.6 is 22.9 Å². The first-order valence-corrected chi connectivity index (χ1v) is 5.40. The van der Waals surface area contributed by atoms with Gasteiger partial charge >= 0.3 is 5.69 Å². The predicted molar refractivity (Wildman–Crippen MR) is 59.1 cm³/mol. The Hall–Kier alpha value is -0.300. The SMILES string of the molecule is CCN1CCc2c([nH]c(=O)n2I)C1. The second kappa shape index (κ2) is 3.45. The standard InChI is InChI=1S/C8H12IN3O/c1-2-11-4-3-7-6(5-11)10-8(13)12(7)9/h2-5H2,1H3,(H,10,13). The van der Waals surface area contributed by atoms with Crippen LogP contribution in [0, 0.1) is 0 Å². The van der Waals surface area contributed by atoms with Crippen LogP contribution in [0.15, 0.2) is 4.79 Å². The molecule has 0 unspecified atom stereocenters. The maximum Gasteiger partial charge on any atom is 0.334 e. The molecule has 5 heteroatoms. The molecule has 0 fully saturated rings. The summed E-state index contributed by atoms with van der Waals surface area (Å²) in [7, 11) is 0. The lowest BCUT2D eigenvalue weighted by Crippen LogP contribution is -2.30. The van der Waals surface area contributed by atoms with Crippen LogP contribution in [0.2, 0.25) is 0 Å². The van der Waals surface area contributed by atoms with Gasteiger partial charge in [-0.3, -0.25) is 4.90 Å². The van der Waals surface area contributed by atoms with Gasteiger partial charge in [0.25, 0.3) is 0 Å². The molecule has 0 spiro atoms. The number of aromatic nitrogens is 2. The summed E-state index contributed by atoms with van der Waals surface area (Å²) >= 11 is 2.06. The van der Waals surface area contributed by atoms with Crippen LogP contribution in [0.25, 0.3) is 0 Å². The average molecular weight is 293 g/mol. The zero-order valence-electron chi connectivity index (χ0n) is 7.51. The van der Waals surface area contributed by atoms with Crippen LogP contribution in [-0.4, -0.2) is 25.8 Å². The van der Waals surface area contributed by atoms with Crippen molar-refractivity contribution < 1.29 is 0 Å². The van der Waals surface area contributed by atoms with Crippen LogP contribution in [0.3, 0.4) is 0 Å². The van der Waals surface area contributed by atoms with Crippen molar-refractivity contribution in [1.29, 1.82) is 0 Å². The molecule has 0 bridgehead atoms. The van der Waals surface area contributed by atoms with Crippen molar-refractivity contribution in [3.8, 4) is 0 Å². The van der Waals surface area contributed by atoms with E-state index in [-0.39, 0.29) is 5.69 Å². The van der Waals surface area contributed by atoms with Crippen LogP contribution in [0.4, 0.5) is 0 Å². The average Bonchev–Trinajstić information content (AvgIpc) is 2.42. The molecule has 1 aliphatic rings. The number of nitrogens with one attached hydrogen (secondary N) is 1. The highest BCUT2D eigenvalue weighted by atomic mass is 127. The maximum absolute atomic E-state index is 11.3. The molecule has 4 nitrogen and oxygen atoms in total. The number of hydrogen-bond donors (Lipinski definition) is 1. The van der Waals surface area contributed by atoms with Crippen LogP contribution in [-0.2, 0) is 13.0 Å². The van der Waals surface area contributed by atoms with E-state index in [1.165, 1.54) is 0 Å². The van der Waals surface area contributed by atoms with E-state index in [4.69, 9.17) is 0 Å². The van der Waals surface area contributed by atoms with Crippen LogP contribution < -0.4 is 5.69 Å². The predicted octanol–water partition coefficient (Wildman–Crippen LogP) is 0.752. The minimum atomic E-state index is 0.00329. The van der Waals surface area contributed by atoms with Crippen LogP contribution in [0.1, 0.15) is 18.3 Å². The summed E-state index contributed by atoms with van der Waals surface area (Å²) in [4.78, 5) is 16.5. The van der Waals surface area contributed by atoms with E-state index in [1.54, 1.807) is 2.78 Å². The van der Waals surface area contributed by atoms with Crippen molar-refractivity contribution in [2.45, 2.75) is 19.9 Å². The second-order valence-electron chi connectivity index (χ2n) is 3.26. The first-order valence-electron chi connectivity index (χ1n) is 4.43. The van der Waals surface area contributed by atoms with Crippen molar-refractivity contribution >= 4 is 22.9 Å². The normalized spacial score (nSPS) is 17.4. The number of hydrogen-bond acceptors (Lipinski definition) is 2. The molecule has 0 aliphatic carbocycles. The molecule has 0 radical (unpaired) electrons. The van der Waals surface area contributed by atoms with Crippen molar-refractivity contribution in [2.24, 2.45) is 0 Å². The van der Waals surface area contributed by atoms with Crippen molar-refractivity contribution in [2.75, 3.05) is 13.1 Å². The molecule has 13 heavy (non-hydrogen) atoms. The highest BCUT2D eigenvalue weighted by Gasteiger charge is 2.19. The van der Waals surface area contributed by atoms with E-state index in [0.717, 1.165) is 37.4 Å². The molecular weight excluding hydrogens is 281 g/mol. The third kappa shape index (κ3) is 1.54. The summed E-state index contributed by atoms with van der Waals surface area (Å²) < 4.78 is 1.69.